The summed E-state index contributed by atoms with van der Waals surface area (Å²) in [7, 11) is 0. The second-order valence-corrected chi connectivity index (χ2v) is 5.83. The zero-order chi connectivity index (χ0) is 7.85. The van der Waals surface area contributed by atoms with Gasteiger partial charge in [0.15, 0.2) is 0 Å². The second kappa shape index (κ2) is 1.56. The smallest absolute Gasteiger partial charge is 0.0926 e. The van der Waals surface area contributed by atoms with Crippen molar-refractivity contribution in [1.82, 2.24) is 0 Å². The molecule has 3 rings (SSSR count). The van der Waals surface area contributed by atoms with E-state index in [4.69, 9.17) is 4.74 Å². The van der Waals surface area contributed by atoms with Crippen molar-refractivity contribution in [2.24, 2.45) is 11.3 Å². The van der Waals surface area contributed by atoms with Crippen molar-refractivity contribution < 1.29 is 4.74 Å². The first-order chi connectivity index (χ1) is 5.06. The topological polar surface area (TPSA) is 12.5 Å². The molecular formula is C9H13BrO. The molecule has 2 aliphatic carbocycles. The summed E-state index contributed by atoms with van der Waals surface area (Å²) >= 11 is 3.75. The highest BCUT2D eigenvalue weighted by atomic mass is 79.9. The number of ether oxygens (including phenoxy) is 1. The maximum Gasteiger partial charge on any atom is 0.0926 e. The second-order valence-electron chi connectivity index (χ2n) is 4.85. The molecule has 1 nitrogen and oxygen atoms in total. The van der Waals surface area contributed by atoms with Crippen molar-refractivity contribution in [3.8, 4) is 0 Å². The number of halogens is 1. The third-order valence-electron chi connectivity index (χ3n) is 3.96. The minimum absolute atomic E-state index is 0.272. The van der Waals surface area contributed by atoms with Crippen molar-refractivity contribution in [3.63, 3.8) is 0 Å². The van der Waals surface area contributed by atoms with Gasteiger partial charge in [-0.25, -0.2) is 0 Å². The lowest BCUT2D eigenvalue weighted by atomic mass is 9.83. The number of alkyl halides is 1. The molecule has 0 N–H and O–H groups in total. The van der Waals surface area contributed by atoms with Crippen LogP contribution in [0, 0.1) is 11.3 Å². The molecular weight excluding hydrogens is 204 g/mol. The zero-order valence-electron chi connectivity index (χ0n) is 6.93. The number of epoxide rings is 1. The van der Waals surface area contributed by atoms with Gasteiger partial charge >= 0.3 is 0 Å². The Morgan fingerprint density at radius 1 is 1.45 bits per heavy atom. The van der Waals surface area contributed by atoms with Gasteiger partial charge in [-0.2, -0.15) is 0 Å². The largest absolute Gasteiger partial charge is 0.366 e. The molecule has 3 aliphatic rings. The Kier molecular flexibility index (Phi) is 0.977. The Morgan fingerprint density at radius 2 is 2.18 bits per heavy atom. The Labute approximate surface area is 75.6 Å². The summed E-state index contributed by atoms with van der Waals surface area (Å²) in [6.45, 7) is 4.65. The lowest BCUT2D eigenvalue weighted by Gasteiger charge is -2.18. The van der Waals surface area contributed by atoms with E-state index in [-0.39, 0.29) is 5.60 Å². The molecule has 62 valence electrons. The van der Waals surface area contributed by atoms with Gasteiger partial charge in [-0.05, 0) is 31.1 Å². The van der Waals surface area contributed by atoms with Crippen LogP contribution >= 0.6 is 15.9 Å². The average molecular weight is 217 g/mol. The van der Waals surface area contributed by atoms with Crippen molar-refractivity contribution in [1.29, 1.82) is 0 Å². The molecule has 0 aromatic heterocycles. The van der Waals surface area contributed by atoms with Crippen molar-refractivity contribution in [2.45, 2.75) is 43.2 Å². The van der Waals surface area contributed by atoms with Crippen LogP contribution in [0.3, 0.4) is 0 Å². The van der Waals surface area contributed by atoms with Gasteiger partial charge in [0.05, 0.1) is 11.7 Å². The average Bonchev–Trinajstić information content (AvgIpc) is 2.67. The quantitative estimate of drug-likeness (QED) is 0.448. The van der Waals surface area contributed by atoms with E-state index in [1.807, 2.05) is 0 Å². The highest BCUT2D eigenvalue weighted by molar-refractivity contribution is 9.09. The summed E-state index contributed by atoms with van der Waals surface area (Å²) in [5, 5.41) is 0. The molecule has 1 saturated heterocycles. The minimum Gasteiger partial charge on any atom is -0.366 e. The van der Waals surface area contributed by atoms with Crippen LogP contribution in [0.1, 0.15) is 26.7 Å². The van der Waals surface area contributed by atoms with Crippen LogP contribution in [0.25, 0.3) is 0 Å². The number of hydrogen-bond donors (Lipinski definition) is 0. The molecule has 3 fully saturated rings. The molecule has 0 bridgehead atoms. The standard InChI is InChI=1S/C9H13BrO/c1-8-4-9(2)6(11-9)3-5(8)7(8)10/h5-7H,3-4H2,1-2H3. The van der Waals surface area contributed by atoms with Crippen LogP contribution in [-0.4, -0.2) is 16.5 Å². The van der Waals surface area contributed by atoms with E-state index in [1.165, 1.54) is 12.8 Å². The van der Waals surface area contributed by atoms with E-state index < -0.39 is 0 Å². The number of fused-ring (bicyclic) bond motifs is 2. The molecule has 5 atom stereocenters. The molecule has 0 spiro atoms. The highest BCUT2D eigenvalue weighted by Crippen LogP contribution is 2.71. The molecule has 11 heavy (non-hydrogen) atoms. The molecule has 0 aromatic rings. The highest BCUT2D eigenvalue weighted by Gasteiger charge is 2.72. The summed E-state index contributed by atoms with van der Waals surface area (Å²) in [6.07, 6.45) is 3.16. The van der Waals surface area contributed by atoms with Crippen LogP contribution in [0.5, 0.6) is 0 Å². The van der Waals surface area contributed by atoms with Crippen LogP contribution in [0.2, 0.25) is 0 Å². The molecule has 2 heteroatoms. The summed E-state index contributed by atoms with van der Waals surface area (Å²) in [5.74, 6) is 0.906. The fourth-order valence-corrected chi connectivity index (χ4v) is 4.12. The van der Waals surface area contributed by atoms with E-state index in [2.05, 4.69) is 29.8 Å². The first-order valence-electron chi connectivity index (χ1n) is 4.38. The molecule has 0 aromatic carbocycles. The number of hydrogen-bond acceptors (Lipinski definition) is 1. The van der Waals surface area contributed by atoms with Gasteiger partial charge in [-0.3, -0.25) is 0 Å². The van der Waals surface area contributed by atoms with Crippen molar-refractivity contribution in [2.75, 3.05) is 0 Å². The molecule has 2 saturated carbocycles. The van der Waals surface area contributed by atoms with E-state index in [1.54, 1.807) is 0 Å². The summed E-state index contributed by atoms with van der Waals surface area (Å²) in [5.41, 5.74) is 0.843. The lowest BCUT2D eigenvalue weighted by molar-refractivity contribution is 0.268. The van der Waals surface area contributed by atoms with E-state index in [0.29, 0.717) is 11.5 Å². The van der Waals surface area contributed by atoms with Crippen LogP contribution in [0.4, 0.5) is 0 Å². The Hall–Kier alpha value is 0.440. The maximum atomic E-state index is 5.66. The summed E-state index contributed by atoms with van der Waals surface area (Å²) < 4.78 is 5.66. The molecule has 0 radical (unpaired) electrons. The molecule has 1 aliphatic heterocycles. The Balaban J connectivity index is 1.89. The van der Waals surface area contributed by atoms with Gasteiger partial charge in [0, 0.05) is 4.83 Å². The maximum absolute atomic E-state index is 5.66. The van der Waals surface area contributed by atoms with E-state index in [0.717, 1.165) is 10.7 Å². The first kappa shape index (κ1) is 6.90. The monoisotopic (exact) mass is 216 g/mol. The van der Waals surface area contributed by atoms with E-state index in [9.17, 15) is 0 Å². The predicted molar refractivity (Wildman–Crippen MR) is 46.8 cm³/mol. The molecule has 0 amide bonds. The minimum atomic E-state index is 0.272. The van der Waals surface area contributed by atoms with Crippen LogP contribution < -0.4 is 0 Å². The van der Waals surface area contributed by atoms with Gasteiger partial charge in [-0.1, -0.05) is 22.9 Å². The Bertz CT molecular complexity index is 230. The zero-order valence-corrected chi connectivity index (χ0v) is 8.52. The molecule has 1 heterocycles. The van der Waals surface area contributed by atoms with Gasteiger partial charge < -0.3 is 4.74 Å². The summed E-state index contributed by atoms with van der Waals surface area (Å²) in [6, 6.07) is 0. The van der Waals surface area contributed by atoms with Gasteiger partial charge in [0.25, 0.3) is 0 Å². The molecule has 5 unspecified atom stereocenters. The fraction of sp³-hybridized carbons (Fsp3) is 1.00. The normalized spacial score (nSPS) is 71.7. The summed E-state index contributed by atoms with van der Waals surface area (Å²) in [4.78, 5) is 0.781. The lowest BCUT2D eigenvalue weighted by Crippen LogP contribution is -2.22. The van der Waals surface area contributed by atoms with Gasteiger partial charge in [0.2, 0.25) is 0 Å². The third kappa shape index (κ3) is 0.665. The predicted octanol–water partition coefficient (Wildman–Crippen LogP) is 2.34. The fourth-order valence-electron chi connectivity index (χ4n) is 2.95. The van der Waals surface area contributed by atoms with Gasteiger partial charge in [-0.15, -0.1) is 0 Å². The third-order valence-corrected chi connectivity index (χ3v) is 5.64. The SMILES string of the molecule is CC12CC3(C)C(Br)C3CC1O2. The van der Waals surface area contributed by atoms with Crippen molar-refractivity contribution >= 4 is 15.9 Å². The van der Waals surface area contributed by atoms with Crippen LogP contribution in [-0.2, 0) is 4.74 Å². The van der Waals surface area contributed by atoms with E-state index >= 15 is 0 Å². The number of rotatable bonds is 0. The Morgan fingerprint density at radius 3 is 2.82 bits per heavy atom. The van der Waals surface area contributed by atoms with Crippen molar-refractivity contribution in [3.05, 3.63) is 0 Å². The van der Waals surface area contributed by atoms with Gasteiger partial charge in [0.1, 0.15) is 0 Å². The first-order valence-corrected chi connectivity index (χ1v) is 5.30. The van der Waals surface area contributed by atoms with Crippen LogP contribution in [0.15, 0.2) is 0 Å².